The summed E-state index contributed by atoms with van der Waals surface area (Å²) in [5, 5.41) is 1.12. The number of hydrogen-bond donors (Lipinski definition) is 0. The number of aromatic nitrogens is 2. The lowest BCUT2D eigenvalue weighted by Gasteiger charge is -2.32. The average molecular weight is 411 g/mol. The van der Waals surface area contributed by atoms with Crippen LogP contribution in [0.5, 0.6) is 17.5 Å². The van der Waals surface area contributed by atoms with E-state index in [0.717, 1.165) is 34.2 Å². The highest BCUT2D eigenvalue weighted by Gasteiger charge is 2.29. The molecule has 0 amide bonds. The molecule has 29 heavy (non-hydrogen) atoms. The molecule has 0 radical (unpaired) electrons. The molecule has 4 heterocycles. The third-order valence-corrected chi connectivity index (χ3v) is 6.90. The van der Waals surface area contributed by atoms with Crippen LogP contribution in [0.2, 0.25) is 0 Å². The van der Waals surface area contributed by atoms with Gasteiger partial charge in [-0.3, -0.25) is 4.90 Å². The summed E-state index contributed by atoms with van der Waals surface area (Å²) in [5.41, 5.74) is 1.03. The zero-order chi connectivity index (χ0) is 19.6. The Morgan fingerprint density at radius 2 is 1.86 bits per heavy atom. The summed E-state index contributed by atoms with van der Waals surface area (Å²) in [6.07, 6.45) is 5.33. The number of piperidine rings is 1. The largest absolute Gasteiger partial charge is 0.481 e. The zero-order valence-corrected chi connectivity index (χ0v) is 17.5. The standard InChI is InChI=1S/C22H26N4O2S/c1-27-20-6-5-7-21(24-20)28-17-8-9-18-19(14-17)29-22(23-18)26-13-10-16(15-26)25-11-3-2-4-12-25/h5-9,14,16H,2-4,10-13,15H2,1H3/t16-/m1/s1. The first-order valence-corrected chi connectivity index (χ1v) is 11.2. The summed E-state index contributed by atoms with van der Waals surface area (Å²) < 4.78 is 12.2. The maximum absolute atomic E-state index is 5.93. The number of anilines is 1. The van der Waals surface area contributed by atoms with Gasteiger partial charge in [0, 0.05) is 37.3 Å². The molecule has 0 aliphatic carbocycles. The SMILES string of the molecule is COc1cccc(Oc2ccc3nc(N4CC[C@@H](N5CCCCC5)C4)sc3c2)n1. The average Bonchev–Trinajstić information content (AvgIpc) is 3.41. The van der Waals surface area contributed by atoms with Gasteiger partial charge in [-0.15, -0.1) is 0 Å². The van der Waals surface area contributed by atoms with Gasteiger partial charge in [0.05, 0.1) is 17.3 Å². The van der Waals surface area contributed by atoms with Gasteiger partial charge in [-0.1, -0.05) is 23.8 Å². The van der Waals surface area contributed by atoms with Gasteiger partial charge >= 0.3 is 0 Å². The molecular weight excluding hydrogens is 384 g/mol. The molecule has 2 aliphatic heterocycles. The van der Waals surface area contributed by atoms with Crippen molar-refractivity contribution < 1.29 is 9.47 Å². The minimum absolute atomic E-state index is 0.525. The molecule has 0 unspecified atom stereocenters. The number of fused-ring (bicyclic) bond motifs is 1. The highest BCUT2D eigenvalue weighted by molar-refractivity contribution is 7.22. The molecule has 2 aliphatic rings. The molecule has 7 heteroatoms. The van der Waals surface area contributed by atoms with Gasteiger partial charge in [-0.05, 0) is 44.5 Å². The topological polar surface area (TPSA) is 50.7 Å². The van der Waals surface area contributed by atoms with Crippen LogP contribution in [0.1, 0.15) is 25.7 Å². The van der Waals surface area contributed by atoms with Crippen molar-refractivity contribution in [3.05, 3.63) is 36.4 Å². The van der Waals surface area contributed by atoms with Crippen LogP contribution in [-0.2, 0) is 0 Å². The highest BCUT2D eigenvalue weighted by Crippen LogP contribution is 2.35. The molecule has 0 spiro atoms. The van der Waals surface area contributed by atoms with Crippen molar-refractivity contribution in [3.8, 4) is 17.5 Å². The highest BCUT2D eigenvalue weighted by atomic mass is 32.1. The fraction of sp³-hybridized carbons (Fsp3) is 0.455. The second-order valence-electron chi connectivity index (χ2n) is 7.73. The number of nitrogens with zero attached hydrogens (tertiary/aromatic N) is 4. The third kappa shape index (κ3) is 4.02. The van der Waals surface area contributed by atoms with Crippen molar-refractivity contribution in [2.75, 3.05) is 38.2 Å². The van der Waals surface area contributed by atoms with Gasteiger partial charge in [0.25, 0.3) is 0 Å². The molecule has 1 atom stereocenters. The van der Waals surface area contributed by atoms with E-state index in [9.17, 15) is 0 Å². The minimum Gasteiger partial charge on any atom is -0.481 e. The van der Waals surface area contributed by atoms with Crippen LogP contribution in [0.25, 0.3) is 10.2 Å². The van der Waals surface area contributed by atoms with Gasteiger partial charge in [0.1, 0.15) is 5.75 Å². The summed E-state index contributed by atoms with van der Waals surface area (Å²) in [4.78, 5) is 14.3. The summed E-state index contributed by atoms with van der Waals surface area (Å²) in [6, 6.07) is 12.2. The number of thiazole rings is 1. The fourth-order valence-electron chi connectivity index (χ4n) is 4.28. The summed E-state index contributed by atoms with van der Waals surface area (Å²) in [7, 11) is 1.60. The molecule has 1 aromatic carbocycles. The van der Waals surface area contributed by atoms with Gasteiger partial charge in [-0.2, -0.15) is 4.98 Å². The first-order chi connectivity index (χ1) is 14.3. The Hall–Kier alpha value is -2.38. The quantitative estimate of drug-likeness (QED) is 0.615. The van der Waals surface area contributed by atoms with E-state index in [0.29, 0.717) is 17.8 Å². The van der Waals surface area contributed by atoms with Crippen LogP contribution in [0.4, 0.5) is 5.13 Å². The van der Waals surface area contributed by atoms with Gasteiger partial charge in [0.15, 0.2) is 5.13 Å². The van der Waals surface area contributed by atoms with Crippen molar-refractivity contribution in [1.29, 1.82) is 0 Å². The van der Waals surface area contributed by atoms with E-state index in [4.69, 9.17) is 14.5 Å². The van der Waals surface area contributed by atoms with Crippen LogP contribution in [0.15, 0.2) is 36.4 Å². The Labute approximate surface area is 175 Å². The smallest absolute Gasteiger partial charge is 0.222 e. The van der Waals surface area contributed by atoms with E-state index < -0.39 is 0 Å². The number of benzene rings is 1. The second kappa shape index (κ2) is 8.16. The minimum atomic E-state index is 0.525. The van der Waals surface area contributed by atoms with E-state index in [2.05, 4.69) is 20.9 Å². The van der Waals surface area contributed by atoms with E-state index in [-0.39, 0.29) is 0 Å². The normalized spacial score (nSPS) is 20.3. The summed E-state index contributed by atoms with van der Waals surface area (Å²) >= 11 is 1.75. The Morgan fingerprint density at radius 1 is 1.00 bits per heavy atom. The van der Waals surface area contributed by atoms with Crippen LogP contribution >= 0.6 is 11.3 Å². The Bertz CT molecular complexity index is 986. The first kappa shape index (κ1) is 18.6. The molecule has 2 saturated heterocycles. The number of ether oxygens (including phenoxy) is 2. The summed E-state index contributed by atoms with van der Waals surface area (Å²) in [5.74, 6) is 1.83. The molecule has 2 aromatic heterocycles. The Morgan fingerprint density at radius 3 is 2.72 bits per heavy atom. The molecule has 152 valence electrons. The van der Waals surface area contributed by atoms with Crippen molar-refractivity contribution in [3.63, 3.8) is 0 Å². The number of hydrogen-bond acceptors (Lipinski definition) is 7. The first-order valence-electron chi connectivity index (χ1n) is 10.4. The lowest BCUT2D eigenvalue weighted by atomic mass is 10.1. The zero-order valence-electron chi connectivity index (χ0n) is 16.7. The van der Waals surface area contributed by atoms with Crippen molar-refractivity contribution in [1.82, 2.24) is 14.9 Å². The van der Waals surface area contributed by atoms with Gasteiger partial charge in [-0.25, -0.2) is 4.98 Å². The maximum atomic E-state index is 5.93. The molecule has 6 nitrogen and oxygen atoms in total. The Balaban J connectivity index is 1.30. The molecule has 5 rings (SSSR count). The predicted octanol–water partition coefficient (Wildman–Crippen LogP) is 4.56. The van der Waals surface area contributed by atoms with Crippen LogP contribution in [-0.4, -0.2) is 54.2 Å². The third-order valence-electron chi connectivity index (χ3n) is 5.82. The Kier molecular flexibility index (Phi) is 5.24. The monoisotopic (exact) mass is 410 g/mol. The molecule has 0 N–H and O–H groups in total. The molecule has 3 aromatic rings. The number of rotatable bonds is 5. The molecule has 0 saturated carbocycles. The van der Waals surface area contributed by atoms with E-state index in [1.807, 2.05) is 24.3 Å². The predicted molar refractivity (Wildman–Crippen MR) is 117 cm³/mol. The maximum Gasteiger partial charge on any atom is 0.222 e. The van der Waals surface area contributed by atoms with Crippen molar-refractivity contribution in [2.45, 2.75) is 31.7 Å². The number of likely N-dealkylation sites (tertiary alicyclic amines) is 1. The summed E-state index contributed by atoms with van der Waals surface area (Å²) in [6.45, 7) is 4.71. The van der Waals surface area contributed by atoms with Crippen LogP contribution in [0.3, 0.4) is 0 Å². The van der Waals surface area contributed by atoms with Gasteiger partial charge < -0.3 is 14.4 Å². The lowest BCUT2D eigenvalue weighted by molar-refractivity contribution is 0.175. The number of methoxy groups -OCH3 is 1. The van der Waals surface area contributed by atoms with Crippen LogP contribution < -0.4 is 14.4 Å². The molecule has 0 bridgehead atoms. The second-order valence-corrected chi connectivity index (χ2v) is 8.74. The van der Waals surface area contributed by atoms with Crippen molar-refractivity contribution in [2.24, 2.45) is 0 Å². The van der Waals surface area contributed by atoms with Gasteiger partial charge in [0.2, 0.25) is 11.8 Å². The lowest BCUT2D eigenvalue weighted by Crippen LogP contribution is -2.40. The van der Waals surface area contributed by atoms with Crippen LogP contribution in [0, 0.1) is 0 Å². The molecule has 2 fully saturated rings. The fourth-order valence-corrected chi connectivity index (χ4v) is 5.30. The van der Waals surface area contributed by atoms with E-state index in [1.165, 1.54) is 38.8 Å². The van der Waals surface area contributed by atoms with E-state index >= 15 is 0 Å². The van der Waals surface area contributed by atoms with E-state index in [1.54, 1.807) is 24.5 Å². The van der Waals surface area contributed by atoms with Crippen molar-refractivity contribution >= 4 is 26.7 Å². The molecular formula is C22H26N4O2S. The number of pyridine rings is 1.